The van der Waals surface area contributed by atoms with Crippen molar-refractivity contribution in [3.63, 3.8) is 0 Å². The number of aliphatic hydroxyl groups is 2. The summed E-state index contributed by atoms with van der Waals surface area (Å²) < 4.78 is 0. The van der Waals surface area contributed by atoms with Gasteiger partial charge in [-0.2, -0.15) is 0 Å². The van der Waals surface area contributed by atoms with Crippen LogP contribution in [0.15, 0.2) is 18.3 Å². The molecule has 0 spiro atoms. The first-order valence-electron chi connectivity index (χ1n) is 6.65. The number of aromatic nitrogens is 1. The van der Waals surface area contributed by atoms with Crippen LogP contribution in [0.2, 0.25) is 0 Å². The molecule has 2 atom stereocenters. The van der Waals surface area contributed by atoms with Crippen LogP contribution in [0.3, 0.4) is 0 Å². The molecule has 1 fully saturated rings. The molecule has 1 aromatic rings. The Morgan fingerprint density at radius 3 is 2.50 bits per heavy atom. The second kappa shape index (κ2) is 5.67. The molecule has 1 aromatic heterocycles. The normalized spacial score (nSPS) is 20.8. The van der Waals surface area contributed by atoms with E-state index in [2.05, 4.69) is 9.88 Å². The van der Waals surface area contributed by atoms with Crippen molar-refractivity contribution in [2.24, 2.45) is 5.92 Å². The van der Waals surface area contributed by atoms with E-state index in [1.165, 1.54) is 0 Å². The smallest absolute Gasteiger partial charge is 0.134 e. The highest BCUT2D eigenvalue weighted by molar-refractivity contribution is 5.48. The molecule has 18 heavy (non-hydrogen) atoms. The lowest BCUT2D eigenvalue weighted by Gasteiger charge is -2.35. The van der Waals surface area contributed by atoms with Gasteiger partial charge in [-0.15, -0.1) is 0 Å². The molecule has 2 rings (SSSR count). The highest BCUT2D eigenvalue weighted by atomic mass is 16.3. The first-order chi connectivity index (χ1) is 8.59. The summed E-state index contributed by atoms with van der Waals surface area (Å²) in [5.74, 6) is 1.27. The molecule has 1 unspecified atom stereocenters. The Morgan fingerprint density at radius 1 is 1.28 bits per heavy atom. The Hall–Kier alpha value is -1.13. The number of hydrogen-bond donors (Lipinski definition) is 2. The lowest BCUT2D eigenvalue weighted by molar-refractivity contribution is 0.109. The molecule has 0 amide bonds. The summed E-state index contributed by atoms with van der Waals surface area (Å²) in [5, 5.41) is 19.4. The predicted molar refractivity (Wildman–Crippen MR) is 71.5 cm³/mol. The second-order valence-corrected chi connectivity index (χ2v) is 5.16. The zero-order valence-electron chi connectivity index (χ0n) is 11.1. The molecule has 2 heterocycles. The van der Waals surface area contributed by atoms with Crippen molar-refractivity contribution in [2.75, 3.05) is 18.0 Å². The van der Waals surface area contributed by atoms with Crippen molar-refractivity contribution >= 4 is 5.82 Å². The minimum absolute atomic E-state index is 0.230. The predicted octanol–water partition coefficient (Wildman–Crippen LogP) is 1.73. The van der Waals surface area contributed by atoms with Gasteiger partial charge in [-0.3, -0.25) is 0 Å². The Bertz CT molecular complexity index is 385. The van der Waals surface area contributed by atoms with Crippen molar-refractivity contribution in [3.05, 3.63) is 23.9 Å². The van der Waals surface area contributed by atoms with E-state index in [-0.39, 0.29) is 6.10 Å². The third-order valence-electron chi connectivity index (χ3n) is 3.79. The van der Waals surface area contributed by atoms with E-state index in [0.717, 1.165) is 37.3 Å². The van der Waals surface area contributed by atoms with Crippen LogP contribution in [0.4, 0.5) is 5.82 Å². The van der Waals surface area contributed by atoms with Crippen molar-refractivity contribution < 1.29 is 10.2 Å². The summed E-state index contributed by atoms with van der Waals surface area (Å²) >= 11 is 0. The van der Waals surface area contributed by atoms with Crippen LogP contribution in [-0.2, 0) is 0 Å². The summed E-state index contributed by atoms with van der Waals surface area (Å²) in [7, 11) is 0. The molecule has 4 heteroatoms. The van der Waals surface area contributed by atoms with Gasteiger partial charge in [0.1, 0.15) is 5.82 Å². The molecule has 4 nitrogen and oxygen atoms in total. The van der Waals surface area contributed by atoms with Crippen LogP contribution < -0.4 is 4.90 Å². The fourth-order valence-electron chi connectivity index (χ4n) is 2.59. The van der Waals surface area contributed by atoms with Gasteiger partial charge >= 0.3 is 0 Å². The fourth-order valence-corrected chi connectivity index (χ4v) is 2.59. The third-order valence-corrected chi connectivity index (χ3v) is 3.79. The molecule has 1 aliphatic rings. The maximum atomic E-state index is 9.77. The third kappa shape index (κ3) is 2.82. The van der Waals surface area contributed by atoms with Crippen LogP contribution in [0.25, 0.3) is 0 Å². The Labute approximate surface area is 108 Å². The summed E-state index contributed by atoms with van der Waals surface area (Å²) in [6.45, 7) is 5.42. The number of anilines is 1. The lowest BCUT2D eigenvalue weighted by Crippen LogP contribution is -2.38. The Kier molecular flexibility index (Phi) is 4.19. The number of hydrogen-bond acceptors (Lipinski definition) is 4. The van der Waals surface area contributed by atoms with Crippen molar-refractivity contribution in [2.45, 2.75) is 38.9 Å². The van der Waals surface area contributed by atoms with Crippen LogP contribution in [0.5, 0.6) is 0 Å². The second-order valence-electron chi connectivity index (χ2n) is 5.16. The van der Waals surface area contributed by atoms with Gasteiger partial charge in [0, 0.05) is 24.8 Å². The monoisotopic (exact) mass is 250 g/mol. The molecular weight excluding hydrogens is 228 g/mol. The summed E-state index contributed by atoms with van der Waals surface area (Å²) in [6.07, 6.45) is 3.00. The van der Waals surface area contributed by atoms with E-state index in [1.807, 2.05) is 19.1 Å². The van der Waals surface area contributed by atoms with E-state index in [4.69, 9.17) is 0 Å². The van der Waals surface area contributed by atoms with Gasteiger partial charge in [-0.05, 0) is 38.7 Å². The molecule has 100 valence electrons. The topological polar surface area (TPSA) is 56.6 Å². The van der Waals surface area contributed by atoms with Crippen molar-refractivity contribution in [1.82, 2.24) is 4.98 Å². The molecule has 0 saturated carbocycles. The van der Waals surface area contributed by atoms with Crippen molar-refractivity contribution in [3.8, 4) is 0 Å². The number of rotatable bonds is 3. The fraction of sp³-hybridized carbons (Fsp3) is 0.643. The number of nitrogens with zero attached hydrogens (tertiary/aromatic N) is 2. The average Bonchev–Trinajstić information content (AvgIpc) is 2.39. The van der Waals surface area contributed by atoms with Crippen LogP contribution in [0.1, 0.15) is 38.4 Å². The van der Waals surface area contributed by atoms with E-state index in [9.17, 15) is 10.2 Å². The van der Waals surface area contributed by atoms with Gasteiger partial charge < -0.3 is 15.1 Å². The number of pyridine rings is 1. The Morgan fingerprint density at radius 2 is 1.94 bits per heavy atom. The average molecular weight is 250 g/mol. The van der Waals surface area contributed by atoms with Gasteiger partial charge in [0.15, 0.2) is 0 Å². The van der Waals surface area contributed by atoms with Gasteiger partial charge in [0.25, 0.3) is 0 Å². The standard InChI is InChI=1S/C14H22N2O2/c1-10(17)12-5-8-16(9-6-12)14-13(11(2)18)4-3-7-15-14/h3-4,7,10-12,17-18H,5-6,8-9H2,1-2H3/t10?,11-/m0/s1. The molecule has 2 N–H and O–H groups in total. The van der Waals surface area contributed by atoms with Crippen LogP contribution >= 0.6 is 0 Å². The number of piperidine rings is 1. The molecular formula is C14H22N2O2. The number of aliphatic hydroxyl groups excluding tert-OH is 2. The lowest BCUT2D eigenvalue weighted by atomic mass is 9.92. The van der Waals surface area contributed by atoms with Gasteiger partial charge in [0.05, 0.1) is 12.2 Å². The van der Waals surface area contributed by atoms with Crippen molar-refractivity contribution in [1.29, 1.82) is 0 Å². The zero-order valence-corrected chi connectivity index (χ0v) is 11.1. The molecule has 1 saturated heterocycles. The molecule has 0 aromatic carbocycles. The largest absolute Gasteiger partial charge is 0.393 e. The quantitative estimate of drug-likeness (QED) is 0.858. The van der Waals surface area contributed by atoms with E-state index >= 15 is 0 Å². The maximum absolute atomic E-state index is 9.77. The minimum Gasteiger partial charge on any atom is -0.393 e. The summed E-state index contributed by atoms with van der Waals surface area (Å²) in [4.78, 5) is 6.61. The van der Waals surface area contributed by atoms with Gasteiger partial charge in [0.2, 0.25) is 0 Å². The summed E-state index contributed by atoms with van der Waals surface area (Å²) in [5.41, 5.74) is 0.882. The highest BCUT2D eigenvalue weighted by Crippen LogP contribution is 2.28. The first-order valence-corrected chi connectivity index (χ1v) is 6.65. The van der Waals surface area contributed by atoms with E-state index < -0.39 is 6.10 Å². The maximum Gasteiger partial charge on any atom is 0.134 e. The molecule has 0 radical (unpaired) electrons. The summed E-state index contributed by atoms with van der Waals surface area (Å²) in [6, 6.07) is 3.78. The van der Waals surface area contributed by atoms with Gasteiger partial charge in [-0.25, -0.2) is 4.98 Å². The van der Waals surface area contributed by atoms with E-state index in [1.54, 1.807) is 13.1 Å². The van der Waals surface area contributed by atoms with Crippen LogP contribution in [-0.4, -0.2) is 34.4 Å². The molecule has 0 aliphatic carbocycles. The molecule has 0 bridgehead atoms. The zero-order chi connectivity index (χ0) is 13.1. The first kappa shape index (κ1) is 13.3. The SMILES string of the molecule is CC(O)C1CCN(c2ncccc2[C@H](C)O)CC1. The van der Waals surface area contributed by atoms with E-state index in [0.29, 0.717) is 5.92 Å². The Balaban J connectivity index is 2.10. The highest BCUT2D eigenvalue weighted by Gasteiger charge is 2.25. The minimum atomic E-state index is -0.497. The van der Waals surface area contributed by atoms with Crippen LogP contribution in [0, 0.1) is 5.92 Å². The van der Waals surface area contributed by atoms with Gasteiger partial charge in [-0.1, -0.05) is 6.07 Å². The molecule has 1 aliphatic heterocycles.